The first-order chi connectivity index (χ1) is 9.75. The molecule has 0 bridgehead atoms. The van der Waals surface area contributed by atoms with Crippen molar-refractivity contribution in [2.45, 2.75) is 45.0 Å². The maximum Gasteiger partial charge on any atom is 0.343 e. The summed E-state index contributed by atoms with van der Waals surface area (Å²) in [5.74, 6) is -0.221. The molecule has 2 aliphatic rings. The molecule has 1 heterocycles. The third kappa shape index (κ3) is 3.54. The monoisotopic (exact) mass is 296 g/mol. The summed E-state index contributed by atoms with van der Waals surface area (Å²) in [5.41, 5.74) is -0.955. The number of hydrogen-bond acceptors (Lipinski definition) is 5. The van der Waals surface area contributed by atoms with Crippen molar-refractivity contribution in [2.75, 3.05) is 19.8 Å². The molecular weight excluding hydrogens is 272 g/mol. The van der Waals surface area contributed by atoms with Crippen molar-refractivity contribution < 1.29 is 24.1 Å². The predicted molar refractivity (Wildman–Crippen MR) is 77.7 cm³/mol. The van der Waals surface area contributed by atoms with Crippen molar-refractivity contribution in [3.05, 3.63) is 23.8 Å². The third-order valence-corrected chi connectivity index (χ3v) is 3.84. The molecule has 0 spiro atoms. The van der Waals surface area contributed by atoms with Crippen LogP contribution in [0.2, 0.25) is 0 Å². The van der Waals surface area contributed by atoms with Crippen LogP contribution >= 0.6 is 0 Å². The van der Waals surface area contributed by atoms with E-state index < -0.39 is 23.3 Å². The molecule has 0 amide bonds. The minimum Gasteiger partial charge on any atom is -0.459 e. The molecule has 2 rings (SSSR count). The van der Waals surface area contributed by atoms with Crippen LogP contribution in [0.3, 0.4) is 0 Å². The summed E-state index contributed by atoms with van der Waals surface area (Å²) in [6.45, 7) is 7.72. The van der Waals surface area contributed by atoms with Crippen LogP contribution in [-0.2, 0) is 19.0 Å². The molecule has 1 fully saturated rings. The van der Waals surface area contributed by atoms with E-state index in [2.05, 4.69) is 6.92 Å². The predicted octanol–water partition coefficient (Wildman–Crippen LogP) is 1.61. The Bertz CT molecular complexity index is 451. The van der Waals surface area contributed by atoms with Crippen LogP contribution in [0, 0.1) is 5.92 Å². The van der Waals surface area contributed by atoms with E-state index >= 15 is 0 Å². The summed E-state index contributed by atoms with van der Waals surface area (Å²) in [7, 11) is 0. The first-order valence-corrected chi connectivity index (χ1v) is 7.27. The SMILES string of the molecule is CC1C=CC(COC(=O)C2(C(C)O)COC(C)(C)CO2)=C1. The van der Waals surface area contributed by atoms with Gasteiger partial charge in [-0.15, -0.1) is 0 Å². The lowest BCUT2D eigenvalue weighted by atomic mass is 9.95. The number of rotatable bonds is 4. The van der Waals surface area contributed by atoms with Gasteiger partial charge in [-0.1, -0.05) is 25.2 Å². The highest BCUT2D eigenvalue weighted by atomic mass is 16.6. The number of ether oxygens (including phenoxy) is 3. The van der Waals surface area contributed by atoms with Crippen LogP contribution in [0.15, 0.2) is 23.8 Å². The average molecular weight is 296 g/mol. The molecule has 0 aromatic heterocycles. The summed E-state index contributed by atoms with van der Waals surface area (Å²) in [6, 6.07) is 0. The van der Waals surface area contributed by atoms with Gasteiger partial charge in [0.1, 0.15) is 6.61 Å². The second-order valence-electron chi connectivity index (χ2n) is 6.44. The van der Waals surface area contributed by atoms with E-state index in [1.54, 1.807) is 0 Å². The van der Waals surface area contributed by atoms with E-state index in [0.717, 1.165) is 5.57 Å². The second kappa shape index (κ2) is 5.91. The van der Waals surface area contributed by atoms with Crippen molar-refractivity contribution in [2.24, 2.45) is 5.92 Å². The molecule has 0 radical (unpaired) electrons. The van der Waals surface area contributed by atoms with Crippen LogP contribution in [0.5, 0.6) is 0 Å². The molecule has 5 heteroatoms. The molecule has 1 saturated heterocycles. The van der Waals surface area contributed by atoms with Crippen LogP contribution < -0.4 is 0 Å². The Morgan fingerprint density at radius 2 is 2.19 bits per heavy atom. The third-order valence-electron chi connectivity index (χ3n) is 3.84. The first kappa shape index (κ1) is 16.2. The number of carbonyl (C=O) groups is 1. The second-order valence-corrected chi connectivity index (χ2v) is 6.44. The van der Waals surface area contributed by atoms with E-state index in [1.165, 1.54) is 6.92 Å². The molecule has 1 aliphatic heterocycles. The Morgan fingerprint density at radius 3 is 2.67 bits per heavy atom. The Morgan fingerprint density at radius 1 is 1.48 bits per heavy atom. The number of hydrogen-bond donors (Lipinski definition) is 1. The van der Waals surface area contributed by atoms with Crippen molar-refractivity contribution in [3.63, 3.8) is 0 Å². The van der Waals surface area contributed by atoms with Gasteiger partial charge in [-0.25, -0.2) is 4.79 Å². The number of aliphatic hydroxyl groups is 1. The smallest absolute Gasteiger partial charge is 0.343 e. The highest BCUT2D eigenvalue weighted by Crippen LogP contribution is 2.29. The Labute approximate surface area is 125 Å². The molecule has 118 valence electrons. The summed E-state index contributed by atoms with van der Waals surface area (Å²) < 4.78 is 16.6. The largest absolute Gasteiger partial charge is 0.459 e. The quantitative estimate of drug-likeness (QED) is 0.798. The number of allylic oxidation sites excluding steroid dienone is 2. The average Bonchev–Trinajstić information content (AvgIpc) is 2.82. The zero-order valence-corrected chi connectivity index (χ0v) is 13.1. The molecule has 5 nitrogen and oxygen atoms in total. The topological polar surface area (TPSA) is 65.0 Å². The lowest BCUT2D eigenvalue weighted by Crippen LogP contribution is -2.61. The fourth-order valence-electron chi connectivity index (χ4n) is 2.31. The van der Waals surface area contributed by atoms with Crippen LogP contribution in [0.25, 0.3) is 0 Å². The summed E-state index contributed by atoms with van der Waals surface area (Å²) in [4.78, 5) is 12.4. The fourth-order valence-corrected chi connectivity index (χ4v) is 2.31. The normalized spacial score (nSPS) is 32.6. The van der Waals surface area contributed by atoms with Gasteiger partial charge in [-0.2, -0.15) is 0 Å². The van der Waals surface area contributed by atoms with Crippen molar-refractivity contribution >= 4 is 5.97 Å². The van der Waals surface area contributed by atoms with Crippen LogP contribution in [0.4, 0.5) is 0 Å². The Balaban J connectivity index is 2.00. The van der Waals surface area contributed by atoms with Gasteiger partial charge in [-0.3, -0.25) is 0 Å². The Kier molecular flexibility index (Phi) is 4.56. The number of aliphatic hydroxyl groups excluding tert-OH is 1. The molecule has 3 atom stereocenters. The van der Waals surface area contributed by atoms with Gasteiger partial charge in [0.05, 0.1) is 24.9 Å². The van der Waals surface area contributed by atoms with Crippen molar-refractivity contribution in [1.29, 1.82) is 0 Å². The molecule has 1 aliphatic carbocycles. The van der Waals surface area contributed by atoms with E-state index in [9.17, 15) is 9.90 Å². The highest BCUT2D eigenvalue weighted by Gasteiger charge is 2.51. The molecule has 0 saturated carbocycles. The van der Waals surface area contributed by atoms with E-state index in [4.69, 9.17) is 14.2 Å². The van der Waals surface area contributed by atoms with Gasteiger partial charge in [0.2, 0.25) is 5.60 Å². The maximum absolute atomic E-state index is 12.4. The van der Waals surface area contributed by atoms with Gasteiger partial charge in [0.15, 0.2) is 0 Å². The molecule has 21 heavy (non-hydrogen) atoms. The number of carbonyl (C=O) groups excluding carboxylic acids is 1. The summed E-state index contributed by atoms with van der Waals surface area (Å²) >= 11 is 0. The summed E-state index contributed by atoms with van der Waals surface area (Å²) in [5, 5.41) is 9.97. The highest BCUT2D eigenvalue weighted by molar-refractivity contribution is 5.81. The van der Waals surface area contributed by atoms with E-state index in [-0.39, 0.29) is 19.8 Å². The van der Waals surface area contributed by atoms with Gasteiger partial charge in [-0.05, 0) is 32.3 Å². The lowest BCUT2D eigenvalue weighted by Gasteiger charge is -2.43. The molecule has 3 unspecified atom stereocenters. The van der Waals surface area contributed by atoms with Crippen LogP contribution in [0.1, 0.15) is 27.7 Å². The zero-order chi connectivity index (χ0) is 15.7. The molecule has 0 aromatic carbocycles. The van der Waals surface area contributed by atoms with Crippen molar-refractivity contribution in [1.82, 2.24) is 0 Å². The minimum absolute atomic E-state index is 0.0121. The lowest BCUT2D eigenvalue weighted by molar-refractivity contribution is -0.254. The summed E-state index contributed by atoms with van der Waals surface area (Å²) in [6.07, 6.45) is 5.00. The minimum atomic E-state index is -1.44. The van der Waals surface area contributed by atoms with Gasteiger partial charge < -0.3 is 19.3 Å². The van der Waals surface area contributed by atoms with Gasteiger partial charge in [0.25, 0.3) is 0 Å². The van der Waals surface area contributed by atoms with E-state index in [1.807, 2.05) is 32.1 Å². The molecule has 1 N–H and O–H groups in total. The molecular formula is C16H24O5. The first-order valence-electron chi connectivity index (χ1n) is 7.27. The standard InChI is InChI=1S/C16H24O5/c1-11-5-6-13(7-11)8-19-14(18)16(12(2)17)10-20-15(3,4)9-21-16/h5-7,11-12,17H,8-10H2,1-4H3. The zero-order valence-electron chi connectivity index (χ0n) is 13.1. The Hall–Kier alpha value is -1.17. The van der Waals surface area contributed by atoms with Crippen LogP contribution in [-0.4, -0.2) is 48.2 Å². The van der Waals surface area contributed by atoms with E-state index in [0.29, 0.717) is 5.92 Å². The maximum atomic E-state index is 12.4. The molecule has 0 aromatic rings. The van der Waals surface area contributed by atoms with Gasteiger partial charge >= 0.3 is 5.97 Å². The fraction of sp³-hybridized carbons (Fsp3) is 0.688. The van der Waals surface area contributed by atoms with Crippen molar-refractivity contribution in [3.8, 4) is 0 Å². The van der Waals surface area contributed by atoms with Gasteiger partial charge in [0, 0.05) is 0 Å². The number of esters is 1.